The second-order valence-electron chi connectivity index (χ2n) is 4.82. The molecule has 0 saturated heterocycles. The van der Waals surface area contributed by atoms with Crippen LogP contribution in [0.5, 0.6) is 0 Å². The van der Waals surface area contributed by atoms with E-state index in [0.29, 0.717) is 10.9 Å². The van der Waals surface area contributed by atoms with Gasteiger partial charge in [-0.15, -0.1) is 0 Å². The summed E-state index contributed by atoms with van der Waals surface area (Å²) in [7, 11) is -3.62. The lowest BCUT2D eigenvalue weighted by atomic mass is 10.2. The molecule has 2 N–H and O–H groups in total. The van der Waals surface area contributed by atoms with Gasteiger partial charge in [-0.05, 0) is 6.07 Å². The molecule has 0 unspecified atom stereocenters. The van der Waals surface area contributed by atoms with Gasteiger partial charge in [-0.2, -0.15) is 5.10 Å². The SMILES string of the molecule is CS(=O)(=O)c1cc(-n2ncc3c(C(=O)O)cncc32)cc(=O)[nH]1. The molecule has 9 nitrogen and oxygen atoms in total. The Morgan fingerprint density at radius 1 is 1.26 bits per heavy atom. The smallest absolute Gasteiger partial charge is 0.338 e. The Labute approximate surface area is 129 Å². The molecule has 3 rings (SSSR count). The molecule has 23 heavy (non-hydrogen) atoms. The maximum atomic E-state index is 11.7. The Morgan fingerprint density at radius 3 is 2.65 bits per heavy atom. The van der Waals surface area contributed by atoms with Crippen molar-refractivity contribution < 1.29 is 18.3 Å². The molecule has 0 atom stereocenters. The van der Waals surface area contributed by atoms with Crippen molar-refractivity contribution in [3.05, 3.63) is 46.6 Å². The highest BCUT2D eigenvalue weighted by molar-refractivity contribution is 7.90. The van der Waals surface area contributed by atoms with Crippen molar-refractivity contribution >= 4 is 26.7 Å². The second-order valence-corrected chi connectivity index (χ2v) is 6.80. The Hall–Kier alpha value is -3.01. The highest BCUT2D eigenvalue weighted by Crippen LogP contribution is 2.21. The summed E-state index contributed by atoms with van der Waals surface area (Å²) in [5, 5.41) is 13.3. The van der Waals surface area contributed by atoms with E-state index in [1.54, 1.807) is 0 Å². The Balaban J connectivity index is 2.30. The summed E-state index contributed by atoms with van der Waals surface area (Å²) in [5.74, 6) is -1.16. The van der Waals surface area contributed by atoms with Gasteiger partial charge in [-0.3, -0.25) is 9.78 Å². The zero-order chi connectivity index (χ0) is 16.8. The fraction of sp³-hybridized carbons (Fsp3) is 0.0769. The molecule has 0 bridgehead atoms. The van der Waals surface area contributed by atoms with Crippen LogP contribution in [0.2, 0.25) is 0 Å². The van der Waals surface area contributed by atoms with Crippen LogP contribution in [-0.4, -0.2) is 45.5 Å². The zero-order valence-electron chi connectivity index (χ0n) is 11.7. The lowest BCUT2D eigenvalue weighted by molar-refractivity contribution is 0.0698. The number of carboxylic acids is 1. The molecule has 0 amide bonds. The van der Waals surface area contributed by atoms with E-state index in [1.165, 1.54) is 29.3 Å². The summed E-state index contributed by atoms with van der Waals surface area (Å²) in [6, 6.07) is 2.41. The van der Waals surface area contributed by atoms with E-state index >= 15 is 0 Å². The van der Waals surface area contributed by atoms with Gasteiger partial charge in [-0.25, -0.2) is 17.9 Å². The quantitative estimate of drug-likeness (QED) is 0.699. The molecule has 10 heteroatoms. The monoisotopic (exact) mass is 334 g/mol. The number of nitrogens with one attached hydrogen (secondary N) is 1. The Morgan fingerprint density at radius 2 is 2.00 bits per heavy atom. The summed E-state index contributed by atoms with van der Waals surface area (Å²) < 4.78 is 24.5. The first kappa shape index (κ1) is 14.9. The second kappa shape index (κ2) is 5.02. The molecule has 0 aromatic carbocycles. The first-order valence-corrected chi connectivity index (χ1v) is 8.16. The van der Waals surface area contributed by atoms with Crippen LogP contribution in [0, 0.1) is 0 Å². The average molecular weight is 334 g/mol. The minimum absolute atomic E-state index is 0.0399. The number of fused-ring (bicyclic) bond motifs is 1. The average Bonchev–Trinajstić information content (AvgIpc) is 2.89. The Kier molecular flexibility index (Phi) is 3.25. The lowest BCUT2D eigenvalue weighted by Crippen LogP contribution is -2.14. The summed E-state index contributed by atoms with van der Waals surface area (Å²) in [6.07, 6.45) is 4.86. The van der Waals surface area contributed by atoms with Crippen LogP contribution in [-0.2, 0) is 9.84 Å². The number of aromatic carboxylic acids is 1. The molecule has 3 aromatic heterocycles. The van der Waals surface area contributed by atoms with Crippen molar-refractivity contribution in [2.45, 2.75) is 5.03 Å². The molecule has 0 fully saturated rings. The molecule has 0 radical (unpaired) electrons. The number of H-pyrrole nitrogens is 1. The van der Waals surface area contributed by atoms with Crippen LogP contribution in [0.1, 0.15) is 10.4 Å². The number of aromatic nitrogens is 4. The molecule has 0 aliphatic heterocycles. The maximum absolute atomic E-state index is 11.7. The molecule has 3 heterocycles. The van der Waals surface area contributed by atoms with Gasteiger partial charge in [0.15, 0.2) is 9.84 Å². The van der Waals surface area contributed by atoms with Crippen molar-refractivity contribution in [1.29, 1.82) is 0 Å². The number of nitrogens with zero attached hydrogens (tertiary/aromatic N) is 3. The van der Waals surface area contributed by atoms with Crippen LogP contribution in [0.4, 0.5) is 0 Å². The number of aromatic amines is 1. The van der Waals surface area contributed by atoms with Crippen molar-refractivity contribution in [2.24, 2.45) is 0 Å². The first-order chi connectivity index (χ1) is 10.8. The number of hydrogen-bond donors (Lipinski definition) is 2. The van der Waals surface area contributed by atoms with Crippen molar-refractivity contribution in [3.8, 4) is 5.69 Å². The zero-order valence-corrected chi connectivity index (χ0v) is 12.5. The van der Waals surface area contributed by atoms with E-state index in [-0.39, 0.29) is 16.3 Å². The van der Waals surface area contributed by atoms with E-state index in [0.717, 1.165) is 12.3 Å². The number of sulfone groups is 1. The van der Waals surface area contributed by atoms with E-state index in [2.05, 4.69) is 15.1 Å². The van der Waals surface area contributed by atoms with E-state index in [9.17, 15) is 18.0 Å². The number of carboxylic acid groups (broad SMARTS) is 1. The third-order valence-electron chi connectivity index (χ3n) is 3.18. The normalized spacial score (nSPS) is 11.7. The largest absolute Gasteiger partial charge is 0.478 e. The van der Waals surface area contributed by atoms with Crippen LogP contribution in [0.15, 0.2) is 40.5 Å². The van der Waals surface area contributed by atoms with Crippen LogP contribution in [0.3, 0.4) is 0 Å². The van der Waals surface area contributed by atoms with Crippen LogP contribution < -0.4 is 5.56 Å². The number of pyridine rings is 2. The van der Waals surface area contributed by atoms with Crippen molar-refractivity contribution in [3.63, 3.8) is 0 Å². The van der Waals surface area contributed by atoms with Gasteiger partial charge in [0.1, 0.15) is 5.03 Å². The molecule has 0 spiro atoms. The van der Waals surface area contributed by atoms with Crippen molar-refractivity contribution in [2.75, 3.05) is 6.26 Å². The van der Waals surface area contributed by atoms with Gasteiger partial charge >= 0.3 is 5.97 Å². The first-order valence-electron chi connectivity index (χ1n) is 6.27. The number of rotatable bonds is 3. The third kappa shape index (κ3) is 2.59. The number of hydrogen-bond acceptors (Lipinski definition) is 6. The van der Waals surface area contributed by atoms with Gasteiger partial charge in [-0.1, -0.05) is 0 Å². The predicted molar refractivity (Wildman–Crippen MR) is 79.6 cm³/mol. The topological polar surface area (TPSA) is 135 Å². The van der Waals surface area contributed by atoms with Gasteiger partial charge in [0.05, 0.1) is 29.2 Å². The molecule has 0 aliphatic carbocycles. The lowest BCUT2D eigenvalue weighted by Gasteiger charge is -2.05. The van der Waals surface area contributed by atoms with Crippen LogP contribution >= 0.6 is 0 Å². The highest BCUT2D eigenvalue weighted by Gasteiger charge is 2.16. The van der Waals surface area contributed by atoms with Gasteiger partial charge in [0, 0.05) is 23.9 Å². The Bertz CT molecular complexity index is 1100. The van der Waals surface area contributed by atoms with Crippen molar-refractivity contribution in [1.82, 2.24) is 19.7 Å². The standard InChI is InChI=1S/C13H10N4O5S/c1-23(21,22)12-3-7(2-11(18)16-12)17-10-6-14-4-9(13(19)20)8(10)5-15-17/h2-6H,1H3,(H,16,18)(H,19,20). The van der Waals surface area contributed by atoms with Gasteiger partial charge in [0.2, 0.25) is 0 Å². The maximum Gasteiger partial charge on any atom is 0.338 e. The molecule has 0 aliphatic rings. The van der Waals surface area contributed by atoms with Gasteiger partial charge < -0.3 is 10.1 Å². The van der Waals surface area contributed by atoms with E-state index in [1.807, 2.05) is 0 Å². The molecule has 118 valence electrons. The number of carbonyl (C=O) groups is 1. The van der Waals surface area contributed by atoms with E-state index < -0.39 is 21.4 Å². The molecule has 0 saturated carbocycles. The fourth-order valence-corrected chi connectivity index (χ4v) is 2.76. The minimum atomic E-state index is -3.62. The fourth-order valence-electron chi connectivity index (χ4n) is 2.14. The summed E-state index contributed by atoms with van der Waals surface area (Å²) in [4.78, 5) is 29.0. The third-order valence-corrected chi connectivity index (χ3v) is 4.19. The minimum Gasteiger partial charge on any atom is -0.478 e. The molecular weight excluding hydrogens is 324 g/mol. The van der Waals surface area contributed by atoms with E-state index in [4.69, 9.17) is 5.11 Å². The van der Waals surface area contributed by atoms with Crippen LogP contribution in [0.25, 0.3) is 16.6 Å². The predicted octanol–water partition coefficient (Wildman–Crippen LogP) is 0.210. The molecular formula is C13H10N4O5S. The summed E-state index contributed by atoms with van der Waals surface area (Å²) in [6.45, 7) is 0. The molecule has 3 aromatic rings. The summed E-state index contributed by atoms with van der Waals surface area (Å²) in [5.41, 5.74) is -0.126. The van der Waals surface area contributed by atoms with Gasteiger partial charge in [0.25, 0.3) is 5.56 Å². The highest BCUT2D eigenvalue weighted by atomic mass is 32.2. The summed E-state index contributed by atoms with van der Waals surface area (Å²) >= 11 is 0.